The maximum Gasteiger partial charge on any atom is 0.274 e. The summed E-state index contributed by atoms with van der Waals surface area (Å²) in [6, 6.07) is 13.8. The number of carbonyl (C=O) groups is 1. The zero-order valence-corrected chi connectivity index (χ0v) is 15.1. The van der Waals surface area contributed by atoms with E-state index < -0.39 is 11.7 Å². The van der Waals surface area contributed by atoms with Gasteiger partial charge in [-0.25, -0.2) is 14.4 Å². The minimum Gasteiger partial charge on any atom is -0.336 e. The molecule has 7 heteroatoms. The van der Waals surface area contributed by atoms with Gasteiger partial charge in [-0.3, -0.25) is 4.79 Å². The van der Waals surface area contributed by atoms with E-state index >= 15 is 0 Å². The molecule has 0 bridgehead atoms. The van der Waals surface area contributed by atoms with E-state index in [1.807, 2.05) is 17.0 Å². The third-order valence-electron chi connectivity index (χ3n) is 4.47. The van der Waals surface area contributed by atoms with Crippen LogP contribution >= 0.6 is 11.6 Å². The summed E-state index contributed by atoms with van der Waals surface area (Å²) in [4.78, 5) is 23.3. The molecule has 0 aliphatic carbocycles. The third-order valence-corrected chi connectivity index (χ3v) is 4.76. The Morgan fingerprint density at radius 3 is 2.78 bits per heavy atom. The summed E-state index contributed by atoms with van der Waals surface area (Å²) in [6.07, 6.45) is 2.47. The highest BCUT2D eigenvalue weighted by Gasteiger charge is 2.19. The van der Waals surface area contributed by atoms with Crippen molar-refractivity contribution in [2.75, 3.05) is 16.8 Å². The van der Waals surface area contributed by atoms with Crippen LogP contribution < -0.4 is 10.2 Å². The van der Waals surface area contributed by atoms with Gasteiger partial charge in [0.2, 0.25) is 5.95 Å². The monoisotopic (exact) mass is 382 g/mol. The number of halogens is 2. The number of benzene rings is 2. The first-order chi connectivity index (χ1) is 13.1. The van der Waals surface area contributed by atoms with Crippen LogP contribution in [0.25, 0.3) is 0 Å². The van der Waals surface area contributed by atoms with Crippen molar-refractivity contribution in [1.82, 2.24) is 9.97 Å². The van der Waals surface area contributed by atoms with Crippen LogP contribution in [0.1, 0.15) is 21.6 Å². The van der Waals surface area contributed by atoms with Crippen molar-refractivity contribution in [1.29, 1.82) is 0 Å². The van der Waals surface area contributed by atoms with E-state index in [9.17, 15) is 9.18 Å². The zero-order chi connectivity index (χ0) is 18.8. The van der Waals surface area contributed by atoms with E-state index in [1.165, 1.54) is 29.3 Å². The number of hydrogen-bond acceptors (Lipinski definition) is 4. The van der Waals surface area contributed by atoms with E-state index in [4.69, 9.17) is 11.6 Å². The van der Waals surface area contributed by atoms with Gasteiger partial charge in [0.25, 0.3) is 5.91 Å². The number of carbonyl (C=O) groups excluding carboxylic acids is 1. The normalized spacial score (nSPS) is 13.2. The van der Waals surface area contributed by atoms with E-state index in [0.29, 0.717) is 18.2 Å². The summed E-state index contributed by atoms with van der Waals surface area (Å²) in [7, 11) is 0. The van der Waals surface area contributed by atoms with E-state index in [1.54, 1.807) is 12.3 Å². The first kappa shape index (κ1) is 17.4. The van der Waals surface area contributed by atoms with Gasteiger partial charge in [0, 0.05) is 25.0 Å². The molecule has 0 saturated carbocycles. The van der Waals surface area contributed by atoms with Gasteiger partial charge in [-0.15, -0.1) is 0 Å². The molecule has 136 valence electrons. The fourth-order valence-electron chi connectivity index (χ4n) is 3.06. The molecule has 2 heterocycles. The second kappa shape index (κ2) is 7.32. The van der Waals surface area contributed by atoms with Gasteiger partial charge in [0.05, 0.1) is 5.02 Å². The lowest BCUT2D eigenvalue weighted by Gasteiger charge is -2.28. The highest BCUT2D eigenvalue weighted by atomic mass is 35.5. The molecule has 2 aromatic carbocycles. The Balaban J connectivity index is 1.52. The summed E-state index contributed by atoms with van der Waals surface area (Å²) in [5.41, 5.74) is 3.21. The Kier molecular flexibility index (Phi) is 4.73. The molecule has 0 radical (unpaired) electrons. The van der Waals surface area contributed by atoms with Gasteiger partial charge in [-0.2, -0.15) is 0 Å². The lowest BCUT2D eigenvalue weighted by molar-refractivity contribution is 0.102. The standard InChI is InChI=1S/C20H16ClFN4O/c21-16-11-15(5-6-17(16)22)24-19(27)18-7-9-23-20(25-18)26-10-8-13-3-1-2-4-14(13)12-26/h1-7,9,11H,8,10,12H2,(H,24,27). The summed E-state index contributed by atoms with van der Waals surface area (Å²) >= 11 is 5.75. The van der Waals surface area contributed by atoms with Gasteiger partial charge in [0.15, 0.2) is 0 Å². The van der Waals surface area contributed by atoms with Crippen molar-refractivity contribution >= 4 is 29.1 Å². The third kappa shape index (κ3) is 3.75. The van der Waals surface area contributed by atoms with Crippen molar-refractivity contribution < 1.29 is 9.18 Å². The molecule has 1 aromatic heterocycles. The van der Waals surface area contributed by atoms with Crippen LogP contribution in [-0.2, 0) is 13.0 Å². The lowest BCUT2D eigenvalue weighted by atomic mass is 10.0. The highest BCUT2D eigenvalue weighted by Crippen LogP contribution is 2.22. The molecule has 0 fully saturated rings. The van der Waals surface area contributed by atoms with Crippen LogP contribution in [0.5, 0.6) is 0 Å². The van der Waals surface area contributed by atoms with Crippen molar-refractivity contribution in [3.8, 4) is 0 Å². The van der Waals surface area contributed by atoms with Crippen molar-refractivity contribution in [2.45, 2.75) is 13.0 Å². The minimum absolute atomic E-state index is 0.0526. The number of amides is 1. The van der Waals surface area contributed by atoms with Crippen LogP contribution in [0.4, 0.5) is 16.0 Å². The van der Waals surface area contributed by atoms with Crippen LogP contribution in [0.15, 0.2) is 54.7 Å². The lowest BCUT2D eigenvalue weighted by Crippen LogP contribution is -2.32. The molecule has 5 nitrogen and oxygen atoms in total. The number of nitrogens with one attached hydrogen (secondary N) is 1. The molecule has 4 rings (SSSR count). The average Bonchev–Trinajstić information content (AvgIpc) is 2.70. The van der Waals surface area contributed by atoms with Gasteiger partial charge in [0.1, 0.15) is 11.5 Å². The van der Waals surface area contributed by atoms with Crippen LogP contribution in [-0.4, -0.2) is 22.4 Å². The number of fused-ring (bicyclic) bond motifs is 1. The fraction of sp³-hybridized carbons (Fsp3) is 0.150. The smallest absolute Gasteiger partial charge is 0.274 e. The summed E-state index contributed by atoms with van der Waals surface area (Å²) in [6.45, 7) is 1.49. The second-order valence-electron chi connectivity index (χ2n) is 6.27. The molecular formula is C20H16ClFN4O. The molecule has 1 N–H and O–H groups in total. The maximum atomic E-state index is 13.3. The van der Waals surface area contributed by atoms with Crippen molar-refractivity contribution in [3.63, 3.8) is 0 Å². The Bertz CT molecular complexity index is 1010. The average molecular weight is 383 g/mol. The molecule has 1 amide bonds. The van der Waals surface area contributed by atoms with Crippen LogP contribution in [0.3, 0.4) is 0 Å². The molecule has 0 unspecified atom stereocenters. The van der Waals surface area contributed by atoms with Crippen LogP contribution in [0.2, 0.25) is 5.02 Å². The fourth-order valence-corrected chi connectivity index (χ4v) is 3.24. The minimum atomic E-state index is -0.538. The molecule has 1 aliphatic heterocycles. The van der Waals surface area contributed by atoms with Gasteiger partial charge in [-0.05, 0) is 41.8 Å². The predicted molar refractivity (Wildman–Crippen MR) is 103 cm³/mol. The largest absolute Gasteiger partial charge is 0.336 e. The Morgan fingerprint density at radius 2 is 1.96 bits per heavy atom. The number of nitrogens with zero attached hydrogens (tertiary/aromatic N) is 3. The van der Waals surface area contributed by atoms with E-state index in [-0.39, 0.29) is 10.7 Å². The van der Waals surface area contributed by atoms with E-state index in [0.717, 1.165) is 13.0 Å². The number of aromatic nitrogens is 2. The van der Waals surface area contributed by atoms with Gasteiger partial charge < -0.3 is 10.2 Å². The second-order valence-corrected chi connectivity index (χ2v) is 6.67. The molecule has 1 aliphatic rings. The van der Waals surface area contributed by atoms with Crippen molar-refractivity contribution in [2.24, 2.45) is 0 Å². The van der Waals surface area contributed by atoms with Gasteiger partial charge >= 0.3 is 0 Å². The molecule has 27 heavy (non-hydrogen) atoms. The Labute approximate surface area is 160 Å². The summed E-state index contributed by atoms with van der Waals surface area (Å²) in [5, 5.41) is 2.62. The SMILES string of the molecule is O=C(Nc1ccc(F)c(Cl)c1)c1ccnc(N2CCc3ccccc3C2)n1. The van der Waals surface area contributed by atoms with Gasteiger partial charge in [-0.1, -0.05) is 35.9 Å². The van der Waals surface area contributed by atoms with E-state index in [2.05, 4.69) is 27.4 Å². The topological polar surface area (TPSA) is 58.1 Å². The van der Waals surface area contributed by atoms with Crippen LogP contribution in [0, 0.1) is 5.82 Å². The Morgan fingerprint density at radius 1 is 1.15 bits per heavy atom. The summed E-state index contributed by atoms with van der Waals surface area (Å²) < 4.78 is 13.3. The first-order valence-corrected chi connectivity index (χ1v) is 8.89. The van der Waals surface area contributed by atoms with Crippen molar-refractivity contribution in [3.05, 3.63) is 82.4 Å². The first-order valence-electron chi connectivity index (χ1n) is 8.51. The quantitative estimate of drug-likeness (QED) is 0.741. The molecule has 0 saturated heterocycles. The number of rotatable bonds is 3. The molecule has 3 aromatic rings. The summed E-state index contributed by atoms with van der Waals surface area (Å²) in [5.74, 6) is -0.433. The zero-order valence-electron chi connectivity index (χ0n) is 14.3. The molecular weight excluding hydrogens is 367 g/mol. The molecule has 0 spiro atoms. The highest BCUT2D eigenvalue weighted by molar-refractivity contribution is 6.31. The Hall–Kier alpha value is -2.99. The maximum absolute atomic E-state index is 13.3. The number of anilines is 2. The molecule has 0 atom stereocenters. The number of hydrogen-bond donors (Lipinski definition) is 1. The predicted octanol–water partition coefficient (Wildman–Crippen LogP) is 4.08.